The quantitative estimate of drug-likeness (QED) is 0.477. The van der Waals surface area contributed by atoms with E-state index < -0.39 is 35.8 Å². The Morgan fingerprint density at radius 1 is 1.08 bits per heavy atom. The average Bonchev–Trinajstić information content (AvgIpc) is 2.34. The van der Waals surface area contributed by atoms with Gasteiger partial charge in [-0.3, -0.25) is 0 Å². The maximum Gasteiger partial charge on any atom is 0.434 e. The summed E-state index contributed by atoms with van der Waals surface area (Å²) in [6.45, 7) is 6.11. The van der Waals surface area contributed by atoms with Crippen molar-refractivity contribution in [3.8, 4) is 0 Å². The van der Waals surface area contributed by atoms with Gasteiger partial charge in [0.05, 0.1) is 0 Å². The number of ether oxygens (including phenoxy) is 1. The minimum atomic E-state index is -5.72. The number of amides is 1. The van der Waals surface area contributed by atoms with Crippen molar-refractivity contribution >= 4 is 29.6 Å². The third-order valence-electron chi connectivity index (χ3n) is 4.61. The number of alkyl halides is 6. The molecule has 0 bridgehead atoms. The zero-order valence-electron chi connectivity index (χ0n) is 15.0. The van der Waals surface area contributed by atoms with E-state index in [1.54, 1.807) is 23.5 Å². The van der Waals surface area contributed by atoms with Crippen molar-refractivity contribution < 1.29 is 35.9 Å². The molecular formula is C12H21B3F6N2O2. The van der Waals surface area contributed by atoms with Gasteiger partial charge in [0.25, 0.3) is 6.10 Å². The molecule has 1 saturated heterocycles. The first-order valence-electron chi connectivity index (χ1n) is 7.78. The van der Waals surface area contributed by atoms with Gasteiger partial charge in [-0.2, -0.15) is 26.3 Å². The Hall–Kier alpha value is -0.995. The van der Waals surface area contributed by atoms with E-state index >= 15 is 0 Å². The molecule has 1 rings (SSSR count). The Morgan fingerprint density at radius 2 is 1.52 bits per heavy atom. The third kappa shape index (κ3) is 4.80. The molecule has 0 aromatic carbocycles. The molecule has 25 heavy (non-hydrogen) atoms. The average molecular weight is 372 g/mol. The van der Waals surface area contributed by atoms with E-state index in [1.807, 2.05) is 20.8 Å². The van der Waals surface area contributed by atoms with Crippen molar-refractivity contribution in [2.24, 2.45) is 0 Å². The maximum absolute atomic E-state index is 12.6. The first-order valence-corrected chi connectivity index (χ1v) is 7.78. The molecule has 1 amide bonds. The molecule has 1 unspecified atom stereocenters. The van der Waals surface area contributed by atoms with Gasteiger partial charge in [0, 0.05) is 24.6 Å². The Morgan fingerprint density at radius 3 is 1.88 bits per heavy atom. The molecule has 0 spiro atoms. The second-order valence-electron chi connectivity index (χ2n) is 7.69. The van der Waals surface area contributed by atoms with E-state index in [2.05, 4.69) is 9.64 Å². The van der Waals surface area contributed by atoms with Crippen LogP contribution in [-0.2, 0) is 4.74 Å². The molecule has 142 valence electrons. The Labute approximate surface area is 145 Å². The highest BCUT2D eigenvalue weighted by Gasteiger charge is 2.60. The van der Waals surface area contributed by atoms with Crippen molar-refractivity contribution in [1.82, 2.24) is 9.80 Å². The molecule has 0 saturated carbocycles. The second-order valence-corrected chi connectivity index (χ2v) is 7.69. The highest BCUT2D eigenvalue weighted by molar-refractivity contribution is 6.44. The summed E-state index contributed by atoms with van der Waals surface area (Å²) in [4.78, 5) is 15.0. The minimum absolute atomic E-state index is 0.0247. The largest absolute Gasteiger partial charge is 0.434 e. The number of hydrogen-bond donors (Lipinski definition) is 0. The lowest BCUT2D eigenvalue weighted by Crippen LogP contribution is -2.74. The van der Waals surface area contributed by atoms with Gasteiger partial charge in [0.15, 0.2) is 0 Å². The number of nitrogens with zero attached hydrogens (tertiary/aromatic N) is 2. The van der Waals surface area contributed by atoms with Crippen LogP contribution in [0.4, 0.5) is 31.1 Å². The lowest BCUT2D eigenvalue weighted by molar-refractivity contribution is -0.308. The molecule has 1 aliphatic heterocycles. The van der Waals surface area contributed by atoms with E-state index in [-0.39, 0.29) is 12.1 Å². The minimum Gasteiger partial charge on any atom is -0.426 e. The fraction of sp³-hybridized carbons (Fsp3) is 0.917. The van der Waals surface area contributed by atoms with E-state index in [9.17, 15) is 31.1 Å². The van der Waals surface area contributed by atoms with Gasteiger partial charge in [0.2, 0.25) is 0 Å². The highest BCUT2D eigenvalue weighted by Crippen LogP contribution is 2.37. The third-order valence-corrected chi connectivity index (χ3v) is 4.61. The lowest BCUT2D eigenvalue weighted by Gasteiger charge is -2.57. The molecule has 0 N–H and O–H groups in total. The summed E-state index contributed by atoms with van der Waals surface area (Å²) in [6, 6.07) is 0. The zero-order chi connectivity index (χ0) is 20.0. The Kier molecular flexibility index (Phi) is 5.84. The fourth-order valence-corrected chi connectivity index (χ4v) is 3.23. The van der Waals surface area contributed by atoms with Crippen molar-refractivity contribution in [1.29, 1.82) is 0 Å². The van der Waals surface area contributed by atoms with Crippen LogP contribution in [0.15, 0.2) is 0 Å². The highest BCUT2D eigenvalue weighted by atomic mass is 19.4. The molecule has 1 aliphatic rings. The molecule has 0 aliphatic carbocycles. The van der Waals surface area contributed by atoms with E-state index in [4.69, 9.17) is 0 Å². The molecule has 1 fully saturated rings. The van der Waals surface area contributed by atoms with E-state index in [0.717, 1.165) is 4.90 Å². The SMILES string of the molecule is BC1N(C(=O)OC(C(F)(F)F)C(F)(F)F)CCN(C(C)(C)C)C1(B)B. The van der Waals surface area contributed by atoms with Crippen molar-refractivity contribution in [2.75, 3.05) is 13.1 Å². The molecule has 1 heterocycles. The number of hydrogen-bond acceptors (Lipinski definition) is 3. The molecule has 0 radical (unpaired) electrons. The molecule has 0 aromatic heterocycles. The summed E-state index contributed by atoms with van der Waals surface area (Å²) in [7, 11) is 5.15. The standard InChI is InChI=1S/C12H21B3F6N2O2/c1-9(2,3)23-5-4-22(7(13)10(23,14)15)8(24)25-6(11(16,17)18)12(19,20)21/h6-7H,4-5,13-15H2,1-3H3. The molecule has 4 nitrogen and oxygen atoms in total. The van der Waals surface area contributed by atoms with Crippen LogP contribution >= 0.6 is 0 Å². The molecule has 13 heteroatoms. The van der Waals surface area contributed by atoms with Crippen molar-refractivity contribution in [3.05, 3.63) is 0 Å². The normalized spacial score (nSPS) is 23.0. The predicted octanol–water partition coefficient (Wildman–Crippen LogP) is -0.0885. The van der Waals surface area contributed by atoms with E-state index in [1.165, 1.54) is 0 Å². The maximum atomic E-state index is 12.6. The number of carbonyl (C=O) groups is 1. The van der Waals surface area contributed by atoms with Crippen LogP contribution in [0.25, 0.3) is 0 Å². The predicted molar refractivity (Wildman–Crippen MR) is 87.7 cm³/mol. The van der Waals surface area contributed by atoms with Crippen molar-refractivity contribution in [2.45, 2.75) is 56.0 Å². The van der Waals surface area contributed by atoms with Crippen LogP contribution in [0, 0.1) is 0 Å². The van der Waals surface area contributed by atoms with Gasteiger partial charge < -0.3 is 14.5 Å². The van der Waals surface area contributed by atoms with Gasteiger partial charge in [-0.25, -0.2) is 4.79 Å². The van der Waals surface area contributed by atoms with Crippen LogP contribution in [-0.4, -0.2) is 87.8 Å². The van der Waals surface area contributed by atoms with Gasteiger partial charge in [-0.05, 0) is 26.1 Å². The molecule has 0 aromatic rings. The first kappa shape index (κ1) is 22.0. The lowest BCUT2D eigenvalue weighted by atomic mass is 9.49. The topological polar surface area (TPSA) is 32.8 Å². The number of piperazine rings is 1. The number of halogens is 6. The Bertz CT molecular complexity index is 493. The van der Waals surface area contributed by atoms with E-state index in [0.29, 0.717) is 6.54 Å². The smallest absolute Gasteiger partial charge is 0.426 e. The summed E-state index contributed by atoms with van der Waals surface area (Å²) in [5, 5.41) is -0.665. The van der Waals surface area contributed by atoms with Crippen LogP contribution in [0.2, 0.25) is 0 Å². The summed E-state index contributed by atoms with van der Waals surface area (Å²) in [6.07, 6.45) is -17.2. The zero-order valence-corrected chi connectivity index (χ0v) is 15.0. The first-order chi connectivity index (χ1) is 10.9. The summed E-state index contributed by atoms with van der Waals surface area (Å²) in [5.74, 6) is -0.643. The fourth-order valence-electron chi connectivity index (χ4n) is 3.23. The van der Waals surface area contributed by atoms with Gasteiger partial charge in [-0.1, -0.05) is 0 Å². The molecule has 1 atom stereocenters. The Balaban J connectivity index is 3.01. The van der Waals surface area contributed by atoms with Gasteiger partial charge in [-0.15, -0.1) is 0 Å². The number of rotatable bonds is 1. The number of carbonyl (C=O) groups excluding carboxylic acids is 1. The van der Waals surface area contributed by atoms with Crippen LogP contribution < -0.4 is 0 Å². The summed E-state index contributed by atoms with van der Waals surface area (Å²) in [5.41, 5.74) is -0.284. The monoisotopic (exact) mass is 372 g/mol. The second kappa shape index (κ2) is 6.62. The van der Waals surface area contributed by atoms with Gasteiger partial charge >= 0.3 is 18.4 Å². The van der Waals surface area contributed by atoms with Crippen LogP contribution in [0.3, 0.4) is 0 Å². The van der Waals surface area contributed by atoms with Crippen LogP contribution in [0.1, 0.15) is 20.8 Å². The molecular weight excluding hydrogens is 351 g/mol. The van der Waals surface area contributed by atoms with Crippen LogP contribution in [0.5, 0.6) is 0 Å². The summed E-state index contributed by atoms with van der Waals surface area (Å²) < 4.78 is 79.3. The summed E-state index contributed by atoms with van der Waals surface area (Å²) >= 11 is 0. The van der Waals surface area contributed by atoms with Gasteiger partial charge in [0.1, 0.15) is 23.5 Å². The van der Waals surface area contributed by atoms with Crippen molar-refractivity contribution in [3.63, 3.8) is 0 Å².